The largest absolute Gasteiger partial charge is 0.472 e. The first-order valence-electron chi connectivity index (χ1n) is 16.2. The molecule has 0 heterocycles. The van der Waals surface area contributed by atoms with Crippen LogP contribution >= 0.6 is 7.82 Å². The highest BCUT2D eigenvalue weighted by atomic mass is 31.2. The van der Waals surface area contributed by atoms with Crippen LogP contribution < -0.4 is 0 Å². The van der Waals surface area contributed by atoms with Gasteiger partial charge >= 0.3 is 19.8 Å². The summed E-state index contributed by atoms with van der Waals surface area (Å²) in [5, 5.41) is 18.1. The second kappa shape index (κ2) is 30.3. The molecule has 3 N–H and O–H groups in total. The summed E-state index contributed by atoms with van der Waals surface area (Å²) in [6.07, 6.45) is 29.7. The molecule has 0 fully saturated rings. The number of hydrogen-bond donors (Lipinski definition) is 3. The average Bonchev–Trinajstić information content (AvgIpc) is 3.02. The van der Waals surface area contributed by atoms with Gasteiger partial charge in [0.1, 0.15) is 12.7 Å². The van der Waals surface area contributed by atoms with Crippen molar-refractivity contribution in [3.05, 3.63) is 60.8 Å². The molecule has 0 aliphatic rings. The van der Waals surface area contributed by atoms with E-state index in [4.69, 9.17) is 19.1 Å². The number of carbonyl (C=O) groups excluding carboxylic acids is 2. The van der Waals surface area contributed by atoms with Crippen molar-refractivity contribution >= 4 is 19.8 Å². The summed E-state index contributed by atoms with van der Waals surface area (Å²) < 4.78 is 32.2. The van der Waals surface area contributed by atoms with Crippen LogP contribution in [-0.2, 0) is 32.7 Å². The molecule has 0 bridgehead atoms. The third-order valence-corrected chi connectivity index (χ3v) is 7.14. The zero-order chi connectivity index (χ0) is 33.4. The molecule has 0 aliphatic heterocycles. The Labute approximate surface area is 270 Å². The lowest BCUT2D eigenvalue weighted by atomic mass is 10.1. The van der Waals surface area contributed by atoms with Crippen LogP contribution in [-0.4, -0.2) is 65.7 Å². The minimum atomic E-state index is -4.61. The van der Waals surface area contributed by atoms with E-state index in [1.165, 1.54) is 0 Å². The number of aliphatic hydroxyl groups excluding tert-OH is 2. The van der Waals surface area contributed by atoms with Crippen LogP contribution in [0, 0.1) is 0 Å². The first kappa shape index (κ1) is 42.7. The molecule has 0 aromatic heterocycles. The van der Waals surface area contributed by atoms with Gasteiger partial charge in [-0.15, -0.1) is 0 Å². The number of phosphoric acid groups is 1. The van der Waals surface area contributed by atoms with E-state index in [0.29, 0.717) is 19.3 Å². The lowest BCUT2D eigenvalue weighted by molar-refractivity contribution is -0.161. The Kier molecular flexibility index (Phi) is 28.8. The molecule has 0 rings (SSSR count). The standard InChI is InChI=1S/C34H57O10P/c1-3-5-7-9-10-11-12-13-14-15-16-17-18-19-20-22-24-26-34(38)44-32(29-41-33(37)25-23-21-8-6-4-2)30-43-45(39,40)42-28-31(36)27-35/h5,7,10-11,13-14,16-17,19-20,31-32,35-36H,3-4,6,8-9,12,15,18,21-30H2,1-2H3,(H,39,40)/b7-5-,11-10-,14-13-,17-16-,20-19-. The molecule has 0 saturated heterocycles. The van der Waals surface area contributed by atoms with Gasteiger partial charge in [-0.25, -0.2) is 4.57 Å². The minimum absolute atomic E-state index is 0.103. The Hall–Kier alpha value is -2.33. The zero-order valence-corrected chi connectivity index (χ0v) is 28.2. The molecule has 0 aromatic rings. The van der Waals surface area contributed by atoms with Gasteiger partial charge in [-0.1, -0.05) is 100 Å². The van der Waals surface area contributed by atoms with E-state index in [1.54, 1.807) is 0 Å². The van der Waals surface area contributed by atoms with E-state index in [9.17, 15) is 24.2 Å². The number of aliphatic hydroxyl groups is 2. The number of allylic oxidation sites excluding steroid dienone is 10. The summed E-state index contributed by atoms with van der Waals surface area (Å²) >= 11 is 0. The van der Waals surface area contributed by atoms with Crippen molar-refractivity contribution in [1.29, 1.82) is 0 Å². The van der Waals surface area contributed by atoms with Crippen LogP contribution in [0.15, 0.2) is 60.8 Å². The number of unbranched alkanes of at least 4 members (excludes halogenated alkanes) is 5. The second-order valence-corrected chi connectivity index (χ2v) is 11.9. The van der Waals surface area contributed by atoms with Crippen molar-refractivity contribution in [2.24, 2.45) is 0 Å². The smallest absolute Gasteiger partial charge is 0.462 e. The number of carbonyl (C=O) groups is 2. The van der Waals surface area contributed by atoms with Crippen molar-refractivity contribution in [3.63, 3.8) is 0 Å². The van der Waals surface area contributed by atoms with E-state index < -0.39 is 51.8 Å². The molecule has 0 saturated carbocycles. The molecule has 3 unspecified atom stereocenters. The van der Waals surface area contributed by atoms with Gasteiger partial charge in [-0.3, -0.25) is 18.6 Å². The predicted octanol–water partition coefficient (Wildman–Crippen LogP) is 7.21. The third-order valence-electron chi connectivity index (χ3n) is 6.19. The van der Waals surface area contributed by atoms with Gasteiger partial charge in [0.05, 0.1) is 19.8 Å². The number of phosphoric ester groups is 1. The van der Waals surface area contributed by atoms with Gasteiger partial charge in [-0.2, -0.15) is 0 Å². The molecule has 258 valence electrons. The molecule has 0 spiro atoms. The monoisotopic (exact) mass is 656 g/mol. The number of hydrogen-bond acceptors (Lipinski definition) is 9. The number of ether oxygens (including phenoxy) is 2. The normalized spacial score (nSPS) is 15.0. The van der Waals surface area contributed by atoms with Gasteiger partial charge < -0.3 is 24.6 Å². The van der Waals surface area contributed by atoms with Gasteiger partial charge in [0.25, 0.3) is 0 Å². The molecule has 11 heteroatoms. The maximum absolute atomic E-state index is 12.4. The van der Waals surface area contributed by atoms with Gasteiger partial charge in [0.15, 0.2) is 6.10 Å². The highest BCUT2D eigenvalue weighted by Gasteiger charge is 2.27. The van der Waals surface area contributed by atoms with Crippen molar-refractivity contribution < 1.29 is 47.8 Å². The molecule has 0 aromatic carbocycles. The van der Waals surface area contributed by atoms with Crippen LogP contribution in [0.2, 0.25) is 0 Å². The Morgan fingerprint density at radius 3 is 1.80 bits per heavy atom. The van der Waals surface area contributed by atoms with Crippen LogP contribution in [0.25, 0.3) is 0 Å². The molecule has 0 amide bonds. The van der Waals surface area contributed by atoms with Crippen molar-refractivity contribution in [3.8, 4) is 0 Å². The summed E-state index contributed by atoms with van der Waals surface area (Å²) in [7, 11) is -4.61. The van der Waals surface area contributed by atoms with E-state index in [2.05, 4.69) is 67.0 Å². The fourth-order valence-electron chi connectivity index (χ4n) is 3.67. The molecule has 45 heavy (non-hydrogen) atoms. The quantitative estimate of drug-likeness (QED) is 0.0326. The van der Waals surface area contributed by atoms with E-state index in [0.717, 1.165) is 57.8 Å². The summed E-state index contributed by atoms with van der Waals surface area (Å²) in [6, 6.07) is 0. The van der Waals surface area contributed by atoms with Gasteiger partial charge in [0, 0.05) is 12.8 Å². The van der Waals surface area contributed by atoms with Crippen LogP contribution in [0.1, 0.15) is 104 Å². The highest BCUT2D eigenvalue weighted by Crippen LogP contribution is 2.43. The fraction of sp³-hybridized carbons (Fsp3) is 0.647. The number of esters is 2. The van der Waals surface area contributed by atoms with Crippen molar-refractivity contribution in [2.75, 3.05) is 26.4 Å². The lowest BCUT2D eigenvalue weighted by Gasteiger charge is -2.20. The SMILES string of the molecule is CC/C=C\C/C=C\C/C=C\C/C=C\C/C=C\CCCC(=O)OC(COC(=O)CCCCCCC)COP(=O)(O)OCC(O)CO. The Bertz CT molecular complexity index is 941. The first-order chi connectivity index (χ1) is 21.7. The Balaban J connectivity index is 4.49. The molecule has 10 nitrogen and oxygen atoms in total. The third kappa shape index (κ3) is 30.1. The lowest BCUT2D eigenvalue weighted by Crippen LogP contribution is -2.29. The summed E-state index contributed by atoms with van der Waals surface area (Å²) in [5.74, 6) is -1.02. The summed E-state index contributed by atoms with van der Waals surface area (Å²) in [5.41, 5.74) is 0. The van der Waals surface area contributed by atoms with E-state index in [-0.39, 0.29) is 19.4 Å². The Morgan fingerprint density at radius 2 is 1.22 bits per heavy atom. The van der Waals surface area contributed by atoms with Crippen molar-refractivity contribution in [1.82, 2.24) is 0 Å². The maximum Gasteiger partial charge on any atom is 0.472 e. The second-order valence-electron chi connectivity index (χ2n) is 10.5. The minimum Gasteiger partial charge on any atom is -0.462 e. The van der Waals surface area contributed by atoms with E-state index >= 15 is 0 Å². The highest BCUT2D eigenvalue weighted by molar-refractivity contribution is 7.47. The number of rotatable bonds is 29. The topological polar surface area (TPSA) is 149 Å². The van der Waals surface area contributed by atoms with Crippen LogP contribution in [0.3, 0.4) is 0 Å². The van der Waals surface area contributed by atoms with E-state index in [1.807, 2.05) is 12.2 Å². The predicted molar refractivity (Wildman–Crippen MR) is 177 cm³/mol. The molecule has 3 atom stereocenters. The molecular weight excluding hydrogens is 599 g/mol. The van der Waals surface area contributed by atoms with Crippen molar-refractivity contribution in [2.45, 2.75) is 116 Å². The fourth-order valence-corrected chi connectivity index (χ4v) is 4.46. The zero-order valence-electron chi connectivity index (χ0n) is 27.3. The Morgan fingerprint density at radius 1 is 0.689 bits per heavy atom. The van der Waals surface area contributed by atoms with Crippen LogP contribution in [0.5, 0.6) is 0 Å². The summed E-state index contributed by atoms with van der Waals surface area (Å²) in [6.45, 7) is 2.04. The molecular formula is C34H57O10P. The van der Waals surface area contributed by atoms with Gasteiger partial charge in [-0.05, 0) is 51.4 Å². The first-order valence-corrected chi connectivity index (χ1v) is 17.7. The van der Waals surface area contributed by atoms with Crippen LogP contribution in [0.4, 0.5) is 0 Å². The maximum atomic E-state index is 12.4. The molecule has 0 aliphatic carbocycles. The average molecular weight is 657 g/mol. The molecule has 0 radical (unpaired) electrons. The van der Waals surface area contributed by atoms with Gasteiger partial charge in [0.2, 0.25) is 0 Å². The summed E-state index contributed by atoms with van der Waals surface area (Å²) in [4.78, 5) is 34.4.